The molecule has 18 heavy (non-hydrogen) atoms. The van der Waals surface area contributed by atoms with Crippen LogP contribution in [0.25, 0.3) is 0 Å². The molecule has 1 saturated heterocycles. The van der Waals surface area contributed by atoms with Crippen LogP contribution in [-0.2, 0) is 9.59 Å². The number of amides is 2. The Morgan fingerprint density at radius 1 is 1.39 bits per heavy atom. The lowest BCUT2D eigenvalue weighted by Crippen LogP contribution is -2.43. The van der Waals surface area contributed by atoms with Gasteiger partial charge in [-0.15, -0.1) is 0 Å². The van der Waals surface area contributed by atoms with Gasteiger partial charge >= 0.3 is 0 Å². The van der Waals surface area contributed by atoms with Crippen LogP contribution in [0.1, 0.15) is 33.1 Å². The SMILES string of the molecule is CC(=O)NCC1CCN(C(=O)C(C)CCN)CC1. The lowest BCUT2D eigenvalue weighted by atomic mass is 9.95. The highest BCUT2D eigenvalue weighted by Crippen LogP contribution is 2.18. The van der Waals surface area contributed by atoms with Crippen LogP contribution in [0.5, 0.6) is 0 Å². The van der Waals surface area contributed by atoms with Gasteiger partial charge in [0.05, 0.1) is 0 Å². The summed E-state index contributed by atoms with van der Waals surface area (Å²) in [5, 5.41) is 2.84. The number of carbonyl (C=O) groups is 2. The second-order valence-electron chi connectivity index (χ2n) is 5.18. The molecule has 0 aliphatic carbocycles. The van der Waals surface area contributed by atoms with Crippen molar-refractivity contribution < 1.29 is 9.59 Å². The van der Waals surface area contributed by atoms with Gasteiger partial charge in [-0.05, 0) is 31.7 Å². The minimum Gasteiger partial charge on any atom is -0.356 e. The highest BCUT2D eigenvalue weighted by atomic mass is 16.2. The number of nitrogens with zero attached hydrogens (tertiary/aromatic N) is 1. The Balaban J connectivity index is 2.30. The molecule has 0 bridgehead atoms. The van der Waals surface area contributed by atoms with Crippen molar-refractivity contribution in [3.63, 3.8) is 0 Å². The Morgan fingerprint density at radius 2 is 2.00 bits per heavy atom. The van der Waals surface area contributed by atoms with Gasteiger partial charge in [0.1, 0.15) is 0 Å². The quantitative estimate of drug-likeness (QED) is 0.744. The fourth-order valence-electron chi connectivity index (χ4n) is 2.33. The third-order valence-electron chi connectivity index (χ3n) is 3.59. The van der Waals surface area contributed by atoms with E-state index in [9.17, 15) is 9.59 Å². The Bertz CT molecular complexity index is 286. The lowest BCUT2D eigenvalue weighted by molar-refractivity contribution is -0.136. The molecule has 0 radical (unpaired) electrons. The summed E-state index contributed by atoms with van der Waals surface area (Å²) < 4.78 is 0. The van der Waals surface area contributed by atoms with Crippen LogP contribution >= 0.6 is 0 Å². The minimum absolute atomic E-state index is 0.0186. The summed E-state index contributed by atoms with van der Waals surface area (Å²) in [6, 6.07) is 0. The number of hydrogen-bond acceptors (Lipinski definition) is 3. The van der Waals surface area contributed by atoms with E-state index in [-0.39, 0.29) is 17.7 Å². The standard InChI is InChI=1S/C13H25N3O2/c1-10(3-6-14)13(18)16-7-4-12(5-8-16)9-15-11(2)17/h10,12H,3-9,14H2,1-2H3,(H,15,17). The van der Waals surface area contributed by atoms with Crippen molar-refractivity contribution in [1.29, 1.82) is 0 Å². The van der Waals surface area contributed by atoms with E-state index in [1.54, 1.807) is 0 Å². The number of carbonyl (C=O) groups excluding carboxylic acids is 2. The fraction of sp³-hybridized carbons (Fsp3) is 0.846. The van der Waals surface area contributed by atoms with Crippen molar-refractivity contribution >= 4 is 11.8 Å². The summed E-state index contributed by atoms with van der Waals surface area (Å²) in [4.78, 5) is 24.8. The molecule has 1 fully saturated rings. The zero-order valence-corrected chi connectivity index (χ0v) is 11.4. The molecular formula is C13H25N3O2. The predicted octanol–water partition coefficient (Wildman–Crippen LogP) is 0.346. The maximum atomic E-state index is 12.1. The molecule has 5 nitrogen and oxygen atoms in total. The van der Waals surface area contributed by atoms with Crippen LogP contribution in [0, 0.1) is 11.8 Å². The van der Waals surface area contributed by atoms with Crippen LogP contribution in [0.15, 0.2) is 0 Å². The number of rotatable bonds is 5. The smallest absolute Gasteiger partial charge is 0.225 e. The van der Waals surface area contributed by atoms with Gasteiger partial charge in [0, 0.05) is 32.5 Å². The Hall–Kier alpha value is -1.10. The van der Waals surface area contributed by atoms with Crippen LogP contribution in [-0.4, -0.2) is 42.9 Å². The molecule has 1 aliphatic rings. The summed E-state index contributed by atoms with van der Waals surface area (Å²) in [6.45, 7) is 6.38. The van der Waals surface area contributed by atoms with Gasteiger partial charge < -0.3 is 16.0 Å². The molecule has 3 N–H and O–H groups in total. The second-order valence-corrected chi connectivity index (χ2v) is 5.18. The number of likely N-dealkylation sites (tertiary alicyclic amines) is 1. The molecule has 0 aromatic heterocycles. The maximum Gasteiger partial charge on any atom is 0.225 e. The summed E-state index contributed by atoms with van der Waals surface area (Å²) in [7, 11) is 0. The van der Waals surface area contributed by atoms with E-state index in [1.807, 2.05) is 11.8 Å². The molecule has 1 unspecified atom stereocenters. The van der Waals surface area contributed by atoms with Crippen LogP contribution in [0.4, 0.5) is 0 Å². The van der Waals surface area contributed by atoms with Crippen molar-refractivity contribution in [2.45, 2.75) is 33.1 Å². The zero-order valence-electron chi connectivity index (χ0n) is 11.4. The van der Waals surface area contributed by atoms with Crippen molar-refractivity contribution in [3.05, 3.63) is 0 Å². The van der Waals surface area contributed by atoms with Crippen LogP contribution in [0.3, 0.4) is 0 Å². The monoisotopic (exact) mass is 255 g/mol. The molecule has 0 spiro atoms. The Kier molecular flexibility index (Phi) is 6.12. The maximum absolute atomic E-state index is 12.1. The number of nitrogens with two attached hydrogens (primary N) is 1. The van der Waals surface area contributed by atoms with E-state index in [1.165, 1.54) is 6.92 Å². The first-order valence-corrected chi connectivity index (χ1v) is 6.78. The van der Waals surface area contributed by atoms with E-state index in [0.717, 1.165) is 38.9 Å². The van der Waals surface area contributed by atoms with Gasteiger partial charge in [0.25, 0.3) is 0 Å². The molecule has 5 heteroatoms. The fourth-order valence-corrected chi connectivity index (χ4v) is 2.33. The Labute approximate surface area is 109 Å². The van der Waals surface area contributed by atoms with Crippen molar-refractivity contribution in [1.82, 2.24) is 10.2 Å². The van der Waals surface area contributed by atoms with Gasteiger partial charge in [-0.3, -0.25) is 9.59 Å². The first-order valence-electron chi connectivity index (χ1n) is 6.78. The highest BCUT2D eigenvalue weighted by Gasteiger charge is 2.25. The third kappa shape index (κ3) is 4.64. The summed E-state index contributed by atoms with van der Waals surface area (Å²) in [5.74, 6) is 0.771. The third-order valence-corrected chi connectivity index (χ3v) is 3.59. The molecule has 1 aliphatic heterocycles. The number of nitrogens with one attached hydrogen (secondary N) is 1. The van der Waals surface area contributed by atoms with Gasteiger partial charge in [-0.2, -0.15) is 0 Å². The lowest BCUT2D eigenvalue weighted by Gasteiger charge is -2.33. The molecule has 1 heterocycles. The average Bonchev–Trinajstić information content (AvgIpc) is 2.36. The second kappa shape index (κ2) is 7.36. The highest BCUT2D eigenvalue weighted by molar-refractivity contribution is 5.78. The van der Waals surface area contributed by atoms with E-state index < -0.39 is 0 Å². The van der Waals surface area contributed by atoms with Crippen molar-refractivity contribution in [2.24, 2.45) is 17.6 Å². The average molecular weight is 255 g/mol. The van der Waals surface area contributed by atoms with E-state index in [4.69, 9.17) is 5.73 Å². The Morgan fingerprint density at radius 3 is 2.50 bits per heavy atom. The van der Waals surface area contributed by atoms with Crippen LogP contribution in [0.2, 0.25) is 0 Å². The zero-order chi connectivity index (χ0) is 13.5. The van der Waals surface area contributed by atoms with E-state index in [2.05, 4.69) is 5.32 Å². The normalized spacial score (nSPS) is 18.5. The van der Waals surface area contributed by atoms with Crippen molar-refractivity contribution in [2.75, 3.05) is 26.2 Å². The van der Waals surface area contributed by atoms with Gasteiger partial charge in [0.2, 0.25) is 11.8 Å². The molecule has 104 valence electrons. The molecule has 0 aromatic rings. The molecule has 0 aromatic carbocycles. The first-order chi connectivity index (χ1) is 8.54. The van der Waals surface area contributed by atoms with Gasteiger partial charge in [-0.1, -0.05) is 6.92 Å². The molecular weight excluding hydrogens is 230 g/mol. The summed E-state index contributed by atoms with van der Waals surface area (Å²) in [5.41, 5.74) is 5.48. The molecule has 2 amide bonds. The van der Waals surface area contributed by atoms with E-state index in [0.29, 0.717) is 12.5 Å². The molecule has 0 saturated carbocycles. The topological polar surface area (TPSA) is 75.4 Å². The van der Waals surface area contributed by atoms with Gasteiger partial charge in [0.15, 0.2) is 0 Å². The summed E-state index contributed by atoms with van der Waals surface area (Å²) >= 11 is 0. The van der Waals surface area contributed by atoms with Gasteiger partial charge in [-0.25, -0.2) is 0 Å². The number of piperidine rings is 1. The largest absolute Gasteiger partial charge is 0.356 e. The number of hydrogen-bond donors (Lipinski definition) is 2. The van der Waals surface area contributed by atoms with Crippen molar-refractivity contribution in [3.8, 4) is 0 Å². The molecule has 1 rings (SSSR count). The van der Waals surface area contributed by atoms with E-state index >= 15 is 0 Å². The minimum atomic E-state index is 0.0186. The molecule has 1 atom stereocenters. The summed E-state index contributed by atoms with van der Waals surface area (Å²) in [6.07, 6.45) is 2.70. The predicted molar refractivity (Wildman–Crippen MR) is 70.8 cm³/mol. The van der Waals surface area contributed by atoms with Crippen LogP contribution < -0.4 is 11.1 Å². The first kappa shape index (κ1) is 15.0.